The molecule has 3 heterocycles. The van der Waals surface area contributed by atoms with Crippen LogP contribution in [0, 0.1) is 5.92 Å². The molecule has 8 nitrogen and oxygen atoms in total. The predicted octanol–water partition coefficient (Wildman–Crippen LogP) is 3.19. The quantitative estimate of drug-likeness (QED) is 0.504. The molecule has 0 saturated carbocycles. The number of nitrogens with zero attached hydrogens (tertiary/aromatic N) is 3. The maximum atomic E-state index is 10.8. The van der Waals surface area contributed by atoms with Crippen molar-refractivity contribution in [2.75, 3.05) is 64.1 Å². The lowest BCUT2D eigenvalue weighted by Crippen LogP contribution is -2.40. The van der Waals surface area contributed by atoms with E-state index in [1.165, 1.54) is 0 Å². The van der Waals surface area contributed by atoms with E-state index in [0.717, 1.165) is 61.8 Å². The smallest absolute Gasteiger partial charge is 0.232 e. The summed E-state index contributed by atoms with van der Waals surface area (Å²) in [7, 11) is 0. The van der Waals surface area contributed by atoms with E-state index >= 15 is 0 Å². The van der Waals surface area contributed by atoms with Gasteiger partial charge in [-0.15, -0.1) is 0 Å². The Bertz CT molecular complexity index is 847. The molecule has 1 aromatic carbocycles. The molecule has 0 aliphatic carbocycles. The van der Waals surface area contributed by atoms with Crippen molar-refractivity contribution in [1.29, 1.82) is 0 Å². The molecule has 2 fully saturated rings. The number of benzene rings is 1. The van der Waals surface area contributed by atoms with E-state index < -0.39 is 6.10 Å². The average Bonchev–Trinajstić information content (AvgIpc) is 3.50. The van der Waals surface area contributed by atoms with Crippen molar-refractivity contribution in [3.05, 3.63) is 35.9 Å². The molecule has 0 radical (unpaired) electrons. The van der Waals surface area contributed by atoms with Gasteiger partial charge in [0.1, 0.15) is 5.69 Å². The summed E-state index contributed by atoms with van der Waals surface area (Å²) in [6.07, 6.45) is 1.73. The minimum Gasteiger partial charge on any atom is -0.389 e. The molecule has 34 heavy (non-hydrogen) atoms. The van der Waals surface area contributed by atoms with Gasteiger partial charge in [0.05, 0.1) is 37.6 Å². The van der Waals surface area contributed by atoms with Crippen LogP contribution in [0.1, 0.15) is 32.3 Å². The molecule has 1 N–H and O–H groups in total. The maximum Gasteiger partial charge on any atom is 0.232 e. The Balaban J connectivity index is 1.55. The Morgan fingerprint density at radius 3 is 2.65 bits per heavy atom. The van der Waals surface area contributed by atoms with Crippen LogP contribution in [-0.4, -0.2) is 86.6 Å². The number of anilines is 1. The van der Waals surface area contributed by atoms with Crippen molar-refractivity contribution in [3.8, 4) is 11.3 Å². The molecule has 1 aromatic heterocycles. The second kappa shape index (κ2) is 12.7. The number of aliphatic hydroxyl groups excluding tert-OH is 1. The molecular formula is C26H39N3O5. The van der Waals surface area contributed by atoms with Crippen LogP contribution in [0.4, 0.5) is 5.88 Å². The molecule has 2 aliphatic heterocycles. The van der Waals surface area contributed by atoms with E-state index in [4.69, 9.17) is 18.7 Å². The van der Waals surface area contributed by atoms with Crippen LogP contribution < -0.4 is 4.90 Å². The zero-order chi connectivity index (χ0) is 23.8. The normalized spacial score (nSPS) is 19.9. The first-order chi connectivity index (χ1) is 16.6. The standard InChI is InChI=1S/C26H39N3O5/c1-20(2)18-32-19-22(30)15-28(16-23-9-6-12-33-23)17-24-25(21-7-4-3-5-8-21)27-34-26(24)29-10-13-31-14-11-29/h3-5,7-8,20,22-23,30H,6,9-19H2,1-2H3/t22-,23+/m1/s1. The first-order valence-corrected chi connectivity index (χ1v) is 12.6. The lowest BCUT2D eigenvalue weighted by molar-refractivity contribution is -0.00389. The average molecular weight is 474 g/mol. The molecule has 0 amide bonds. The van der Waals surface area contributed by atoms with Gasteiger partial charge in [0, 0.05) is 51.5 Å². The summed E-state index contributed by atoms with van der Waals surface area (Å²) in [5.41, 5.74) is 2.92. The molecule has 0 unspecified atom stereocenters. The highest BCUT2D eigenvalue weighted by molar-refractivity contribution is 5.68. The van der Waals surface area contributed by atoms with Crippen LogP contribution in [-0.2, 0) is 20.8 Å². The van der Waals surface area contributed by atoms with Gasteiger partial charge in [-0.2, -0.15) is 0 Å². The zero-order valence-corrected chi connectivity index (χ0v) is 20.5. The highest BCUT2D eigenvalue weighted by Crippen LogP contribution is 2.33. The summed E-state index contributed by atoms with van der Waals surface area (Å²) in [5, 5.41) is 15.3. The highest BCUT2D eigenvalue weighted by Gasteiger charge is 2.28. The number of aromatic nitrogens is 1. The fourth-order valence-corrected chi connectivity index (χ4v) is 4.57. The molecule has 0 spiro atoms. The van der Waals surface area contributed by atoms with Crippen LogP contribution in [0.25, 0.3) is 11.3 Å². The first kappa shape index (κ1) is 25.1. The minimum atomic E-state index is -0.577. The first-order valence-electron chi connectivity index (χ1n) is 12.6. The topological polar surface area (TPSA) is 80.4 Å². The van der Waals surface area contributed by atoms with Crippen molar-refractivity contribution in [3.63, 3.8) is 0 Å². The largest absolute Gasteiger partial charge is 0.389 e. The molecular weight excluding hydrogens is 434 g/mol. The number of hydrogen-bond donors (Lipinski definition) is 1. The van der Waals surface area contributed by atoms with Crippen LogP contribution in [0.3, 0.4) is 0 Å². The van der Waals surface area contributed by atoms with E-state index in [0.29, 0.717) is 45.4 Å². The minimum absolute atomic E-state index is 0.177. The monoisotopic (exact) mass is 473 g/mol. The SMILES string of the molecule is CC(C)COC[C@H](O)CN(Cc1c(-c2ccccc2)noc1N1CCOCC1)C[C@@H]1CCCO1. The van der Waals surface area contributed by atoms with E-state index in [1.807, 2.05) is 18.2 Å². The van der Waals surface area contributed by atoms with Gasteiger partial charge in [0.25, 0.3) is 0 Å². The maximum absolute atomic E-state index is 10.8. The molecule has 0 bridgehead atoms. The van der Waals surface area contributed by atoms with Gasteiger partial charge in [-0.3, -0.25) is 4.90 Å². The lowest BCUT2D eigenvalue weighted by Gasteiger charge is -2.30. The summed E-state index contributed by atoms with van der Waals surface area (Å²) < 4.78 is 23.1. The summed E-state index contributed by atoms with van der Waals surface area (Å²) in [6.45, 7) is 10.8. The third-order valence-corrected chi connectivity index (χ3v) is 6.21. The Hall–Kier alpha value is -1.97. The second-order valence-electron chi connectivity index (χ2n) is 9.69. The Kier molecular flexibility index (Phi) is 9.35. The molecule has 2 saturated heterocycles. The van der Waals surface area contributed by atoms with E-state index in [2.05, 4.69) is 40.9 Å². The zero-order valence-electron chi connectivity index (χ0n) is 20.5. The molecule has 2 aromatic rings. The van der Waals surface area contributed by atoms with Crippen molar-refractivity contribution in [2.24, 2.45) is 5.92 Å². The summed E-state index contributed by atoms with van der Waals surface area (Å²) >= 11 is 0. The number of rotatable bonds is 12. The molecule has 2 aliphatic rings. The fraction of sp³-hybridized carbons (Fsp3) is 0.654. The van der Waals surface area contributed by atoms with E-state index in [-0.39, 0.29) is 6.10 Å². The number of aliphatic hydroxyl groups is 1. The van der Waals surface area contributed by atoms with Crippen molar-refractivity contribution in [1.82, 2.24) is 10.1 Å². The van der Waals surface area contributed by atoms with E-state index in [9.17, 15) is 5.11 Å². The van der Waals surface area contributed by atoms with Crippen LogP contribution in [0.2, 0.25) is 0 Å². The van der Waals surface area contributed by atoms with Crippen LogP contribution in [0.15, 0.2) is 34.9 Å². The van der Waals surface area contributed by atoms with Gasteiger partial charge in [-0.1, -0.05) is 49.3 Å². The third kappa shape index (κ3) is 7.02. The van der Waals surface area contributed by atoms with Gasteiger partial charge in [0.2, 0.25) is 5.88 Å². The molecule has 8 heteroatoms. The second-order valence-corrected chi connectivity index (χ2v) is 9.69. The van der Waals surface area contributed by atoms with E-state index in [1.54, 1.807) is 0 Å². The lowest BCUT2D eigenvalue weighted by atomic mass is 10.1. The number of hydrogen-bond acceptors (Lipinski definition) is 8. The van der Waals surface area contributed by atoms with Gasteiger partial charge in [-0.25, -0.2) is 0 Å². The molecule has 2 atom stereocenters. The van der Waals surface area contributed by atoms with Crippen molar-refractivity contribution < 1.29 is 23.8 Å². The third-order valence-electron chi connectivity index (χ3n) is 6.21. The molecule has 188 valence electrons. The Morgan fingerprint density at radius 2 is 1.94 bits per heavy atom. The van der Waals surface area contributed by atoms with Gasteiger partial charge in [-0.05, 0) is 18.8 Å². The van der Waals surface area contributed by atoms with Crippen LogP contribution >= 0.6 is 0 Å². The van der Waals surface area contributed by atoms with Gasteiger partial charge < -0.3 is 28.7 Å². The predicted molar refractivity (Wildman–Crippen MR) is 131 cm³/mol. The van der Waals surface area contributed by atoms with Gasteiger partial charge >= 0.3 is 0 Å². The highest BCUT2D eigenvalue weighted by atomic mass is 16.5. The number of morpholine rings is 1. The van der Waals surface area contributed by atoms with Crippen molar-refractivity contribution in [2.45, 2.75) is 45.4 Å². The van der Waals surface area contributed by atoms with Crippen molar-refractivity contribution >= 4 is 5.88 Å². The summed E-state index contributed by atoms with van der Waals surface area (Å²) in [4.78, 5) is 4.48. The summed E-state index contributed by atoms with van der Waals surface area (Å²) in [6, 6.07) is 10.2. The fourth-order valence-electron chi connectivity index (χ4n) is 4.57. The molecule has 4 rings (SSSR count). The Morgan fingerprint density at radius 1 is 1.15 bits per heavy atom. The van der Waals surface area contributed by atoms with Crippen LogP contribution in [0.5, 0.6) is 0 Å². The van der Waals surface area contributed by atoms with Gasteiger partial charge in [0.15, 0.2) is 0 Å². The number of ether oxygens (including phenoxy) is 3. The summed E-state index contributed by atoms with van der Waals surface area (Å²) in [5.74, 6) is 1.24. The Labute approximate surface area is 202 Å².